The van der Waals surface area contributed by atoms with Crippen LogP contribution in [0.25, 0.3) is 0 Å². The van der Waals surface area contributed by atoms with Crippen molar-refractivity contribution in [2.75, 3.05) is 19.7 Å². The highest BCUT2D eigenvalue weighted by Gasteiger charge is 2.33. The van der Waals surface area contributed by atoms with E-state index in [-0.39, 0.29) is 37.2 Å². The summed E-state index contributed by atoms with van der Waals surface area (Å²) in [6.45, 7) is 9.15. The zero-order valence-corrected chi connectivity index (χ0v) is 12.8. The van der Waals surface area contributed by atoms with E-state index in [9.17, 15) is 9.59 Å². The molecule has 0 spiro atoms. The third-order valence-corrected chi connectivity index (χ3v) is 3.62. The first-order chi connectivity index (χ1) is 9.36. The Balaban J connectivity index is 2.77. The highest BCUT2D eigenvalue weighted by molar-refractivity contribution is 5.76. The van der Waals surface area contributed by atoms with Crippen LogP contribution in [0.1, 0.15) is 40.5 Å². The van der Waals surface area contributed by atoms with Crippen LogP contribution < -0.4 is 0 Å². The van der Waals surface area contributed by atoms with Crippen LogP contribution in [0, 0.1) is 0 Å². The minimum Gasteiger partial charge on any atom is -0.481 e. The SMILES string of the molecule is CCC1COC(C)CN1C(=O)N(CCC(=O)O)C(C)C. The van der Waals surface area contributed by atoms with Crippen LogP contribution in [0.4, 0.5) is 4.79 Å². The zero-order valence-electron chi connectivity index (χ0n) is 12.8. The lowest BCUT2D eigenvalue weighted by atomic mass is 10.1. The Morgan fingerprint density at radius 2 is 2.10 bits per heavy atom. The van der Waals surface area contributed by atoms with E-state index in [2.05, 4.69) is 0 Å². The van der Waals surface area contributed by atoms with Gasteiger partial charge in [0, 0.05) is 19.1 Å². The standard InChI is InChI=1S/C14H26N2O4/c1-5-12-9-20-11(4)8-16(12)14(19)15(10(2)3)7-6-13(17)18/h10-12H,5-9H2,1-4H3,(H,17,18). The second-order valence-corrected chi connectivity index (χ2v) is 5.57. The van der Waals surface area contributed by atoms with Gasteiger partial charge in [-0.15, -0.1) is 0 Å². The number of rotatable bonds is 5. The summed E-state index contributed by atoms with van der Waals surface area (Å²) in [7, 11) is 0. The molecule has 116 valence electrons. The van der Waals surface area contributed by atoms with Crippen molar-refractivity contribution in [1.82, 2.24) is 9.80 Å². The van der Waals surface area contributed by atoms with E-state index in [0.717, 1.165) is 6.42 Å². The summed E-state index contributed by atoms with van der Waals surface area (Å²) < 4.78 is 5.59. The van der Waals surface area contributed by atoms with E-state index in [4.69, 9.17) is 9.84 Å². The van der Waals surface area contributed by atoms with Gasteiger partial charge in [-0.2, -0.15) is 0 Å². The maximum absolute atomic E-state index is 12.7. The van der Waals surface area contributed by atoms with Crippen LogP contribution in [-0.4, -0.2) is 64.8 Å². The van der Waals surface area contributed by atoms with E-state index in [1.54, 1.807) is 4.90 Å². The van der Waals surface area contributed by atoms with Gasteiger partial charge >= 0.3 is 12.0 Å². The van der Waals surface area contributed by atoms with E-state index in [1.807, 2.05) is 32.6 Å². The van der Waals surface area contributed by atoms with Gasteiger partial charge < -0.3 is 19.6 Å². The first-order valence-electron chi connectivity index (χ1n) is 7.27. The smallest absolute Gasteiger partial charge is 0.320 e. The van der Waals surface area contributed by atoms with Crippen molar-refractivity contribution < 1.29 is 19.4 Å². The van der Waals surface area contributed by atoms with Gasteiger partial charge in [0.1, 0.15) is 0 Å². The summed E-state index contributed by atoms with van der Waals surface area (Å²) in [5.41, 5.74) is 0. The number of nitrogens with zero attached hydrogens (tertiary/aromatic N) is 2. The van der Waals surface area contributed by atoms with Crippen LogP contribution in [0.15, 0.2) is 0 Å². The lowest BCUT2D eigenvalue weighted by Crippen LogP contribution is -2.57. The highest BCUT2D eigenvalue weighted by Crippen LogP contribution is 2.18. The monoisotopic (exact) mass is 286 g/mol. The topological polar surface area (TPSA) is 70.1 Å². The molecule has 1 aliphatic heterocycles. The van der Waals surface area contributed by atoms with Crippen molar-refractivity contribution in [3.63, 3.8) is 0 Å². The molecule has 2 amide bonds. The van der Waals surface area contributed by atoms with Crippen LogP contribution in [0.3, 0.4) is 0 Å². The third-order valence-electron chi connectivity index (χ3n) is 3.62. The summed E-state index contributed by atoms with van der Waals surface area (Å²) in [5, 5.41) is 8.80. The minimum atomic E-state index is -0.883. The van der Waals surface area contributed by atoms with Crippen molar-refractivity contribution in [3.8, 4) is 0 Å². The Morgan fingerprint density at radius 3 is 2.60 bits per heavy atom. The molecule has 0 aliphatic carbocycles. The predicted molar refractivity (Wildman–Crippen MR) is 75.7 cm³/mol. The Labute approximate surface area is 120 Å². The van der Waals surface area contributed by atoms with Crippen molar-refractivity contribution in [3.05, 3.63) is 0 Å². The van der Waals surface area contributed by atoms with Gasteiger partial charge in [-0.3, -0.25) is 4.79 Å². The number of aliphatic carboxylic acids is 1. The second-order valence-electron chi connectivity index (χ2n) is 5.57. The number of hydrogen-bond donors (Lipinski definition) is 1. The van der Waals surface area contributed by atoms with Crippen molar-refractivity contribution in [2.24, 2.45) is 0 Å². The molecule has 20 heavy (non-hydrogen) atoms. The fourth-order valence-corrected chi connectivity index (χ4v) is 2.37. The summed E-state index contributed by atoms with van der Waals surface area (Å²) in [5.74, 6) is -0.883. The first kappa shape index (κ1) is 16.8. The number of ether oxygens (including phenoxy) is 1. The maximum Gasteiger partial charge on any atom is 0.320 e. The molecule has 1 heterocycles. The van der Waals surface area contributed by atoms with E-state index >= 15 is 0 Å². The molecule has 2 unspecified atom stereocenters. The van der Waals surface area contributed by atoms with Gasteiger partial charge in [0.15, 0.2) is 0 Å². The number of urea groups is 1. The molecule has 6 nitrogen and oxygen atoms in total. The average Bonchev–Trinajstić information content (AvgIpc) is 2.37. The normalized spacial score (nSPS) is 22.9. The Hall–Kier alpha value is -1.30. The first-order valence-corrected chi connectivity index (χ1v) is 7.27. The lowest BCUT2D eigenvalue weighted by molar-refractivity contribution is -0.137. The summed E-state index contributed by atoms with van der Waals surface area (Å²) in [4.78, 5) is 26.9. The molecule has 1 fully saturated rings. The summed E-state index contributed by atoms with van der Waals surface area (Å²) >= 11 is 0. The van der Waals surface area contributed by atoms with Crippen molar-refractivity contribution >= 4 is 12.0 Å². The molecule has 0 aromatic rings. The molecule has 0 bridgehead atoms. The van der Waals surface area contributed by atoms with Crippen LogP contribution in [0.2, 0.25) is 0 Å². The van der Waals surface area contributed by atoms with Crippen molar-refractivity contribution in [2.45, 2.75) is 58.7 Å². The molecule has 1 saturated heterocycles. The molecule has 1 aliphatic rings. The van der Waals surface area contributed by atoms with Gasteiger partial charge in [-0.25, -0.2) is 4.79 Å². The van der Waals surface area contributed by atoms with Gasteiger partial charge in [0.25, 0.3) is 0 Å². The zero-order chi connectivity index (χ0) is 15.3. The number of carbonyl (C=O) groups is 2. The fraction of sp³-hybridized carbons (Fsp3) is 0.857. The number of morpholine rings is 1. The number of hydrogen-bond acceptors (Lipinski definition) is 3. The van der Waals surface area contributed by atoms with E-state index < -0.39 is 5.97 Å². The predicted octanol–water partition coefficient (Wildman–Crippen LogP) is 1.79. The molecule has 0 aromatic heterocycles. The number of carboxylic acid groups (broad SMARTS) is 1. The molecule has 6 heteroatoms. The highest BCUT2D eigenvalue weighted by atomic mass is 16.5. The minimum absolute atomic E-state index is 0.0162. The van der Waals surface area contributed by atoms with Crippen LogP contribution in [-0.2, 0) is 9.53 Å². The molecule has 0 radical (unpaired) electrons. The van der Waals surface area contributed by atoms with Crippen molar-refractivity contribution in [1.29, 1.82) is 0 Å². The number of carbonyl (C=O) groups excluding carboxylic acids is 1. The molecular weight excluding hydrogens is 260 g/mol. The Morgan fingerprint density at radius 1 is 1.45 bits per heavy atom. The summed E-state index contributed by atoms with van der Waals surface area (Å²) in [6, 6.07) is -0.0227. The Kier molecular flexibility index (Phi) is 6.26. The average molecular weight is 286 g/mol. The lowest BCUT2D eigenvalue weighted by Gasteiger charge is -2.42. The van der Waals surface area contributed by atoms with Gasteiger partial charge in [-0.05, 0) is 27.2 Å². The molecular formula is C14H26N2O4. The quantitative estimate of drug-likeness (QED) is 0.836. The molecule has 1 N–H and O–H groups in total. The van der Waals surface area contributed by atoms with Gasteiger partial charge in [0.2, 0.25) is 0 Å². The largest absolute Gasteiger partial charge is 0.481 e. The number of carboxylic acids is 1. The van der Waals surface area contributed by atoms with E-state index in [0.29, 0.717) is 13.2 Å². The second kappa shape index (κ2) is 7.47. The third kappa shape index (κ3) is 4.37. The number of amides is 2. The molecule has 0 saturated carbocycles. The van der Waals surface area contributed by atoms with Crippen LogP contribution in [0.5, 0.6) is 0 Å². The van der Waals surface area contributed by atoms with Gasteiger partial charge in [0.05, 0.1) is 25.2 Å². The fourth-order valence-electron chi connectivity index (χ4n) is 2.37. The maximum atomic E-state index is 12.7. The van der Waals surface area contributed by atoms with Gasteiger partial charge in [-0.1, -0.05) is 6.92 Å². The molecule has 2 atom stereocenters. The Bertz CT molecular complexity index is 346. The van der Waals surface area contributed by atoms with E-state index in [1.165, 1.54) is 0 Å². The van der Waals surface area contributed by atoms with Crippen LogP contribution >= 0.6 is 0 Å². The molecule has 1 rings (SSSR count). The summed E-state index contributed by atoms with van der Waals surface area (Å²) in [6.07, 6.45) is 0.833. The molecule has 0 aromatic carbocycles.